The molecule has 1 rings (SSSR count). The van der Waals surface area contributed by atoms with Crippen LogP contribution in [0.25, 0.3) is 0 Å². The molecule has 7 nitrogen and oxygen atoms in total. The summed E-state index contributed by atoms with van der Waals surface area (Å²) in [6.45, 7) is 4.72. The standard InChI is InChI=1S/C15H23N3O4/c1-5-22-13-7-6-12(8-14(13)21-4)9-18(3)10-15(20)17-16-11(2)19/h6-8H,5,9-10H2,1-4H3,(H,16,19)(H,17,20)/p+1. The van der Waals surface area contributed by atoms with E-state index >= 15 is 0 Å². The van der Waals surface area contributed by atoms with Crippen LogP contribution in [0.3, 0.4) is 0 Å². The van der Waals surface area contributed by atoms with E-state index in [4.69, 9.17) is 9.47 Å². The minimum absolute atomic E-state index is 0.245. The summed E-state index contributed by atoms with van der Waals surface area (Å²) in [4.78, 5) is 23.3. The average Bonchev–Trinajstić information content (AvgIpc) is 2.46. The number of hydrogen-bond acceptors (Lipinski definition) is 4. The van der Waals surface area contributed by atoms with Crippen molar-refractivity contribution in [3.63, 3.8) is 0 Å². The van der Waals surface area contributed by atoms with Gasteiger partial charge in [0, 0.05) is 12.5 Å². The van der Waals surface area contributed by atoms with Gasteiger partial charge in [0.1, 0.15) is 6.54 Å². The summed E-state index contributed by atoms with van der Waals surface area (Å²) in [6, 6.07) is 5.71. The number of likely N-dealkylation sites (N-methyl/N-ethyl adjacent to an activating group) is 1. The Balaban J connectivity index is 2.58. The van der Waals surface area contributed by atoms with Crippen molar-refractivity contribution in [3.05, 3.63) is 23.8 Å². The summed E-state index contributed by atoms with van der Waals surface area (Å²) in [5, 5.41) is 0. The number of quaternary nitrogens is 1. The highest BCUT2D eigenvalue weighted by atomic mass is 16.5. The molecule has 2 amide bonds. The Morgan fingerprint density at radius 3 is 2.55 bits per heavy atom. The Morgan fingerprint density at radius 2 is 1.95 bits per heavy atom. The Labute approximate surface area is 130 Å². The van der Waals surface area contributed by atoms with Gasteiger partial charge in [-0.25, -0.2) is 0 Å². The summed E-state index contributed by atoms with van der Waals surface area (Å²) in [6.07, 6.45) is 0. The predicted molar refractivity (Wildman–Crippen MR) is 81.6 cm³/mol. The van der Waals surface area contributed by atoms with Gasteiger partial charge in [-0.2, -0.15) is 0 Å². The van der Waals surface area contributed by atoms with Gasteiger partial charge >= 0.3 is 0 Å². The summed E-state index contributed by atoms with van der Waals surface area (Å²) < 4.78 is 10.8. The van der Waals surface area contributed by atoms with Gasteiger partial charge in [0.2, 0.25) is 5.91 Å². The maximum atomic E-state index is 11.6. The summed E-state index contributed by atoms with van der Waals surface area (Å²) in [5.74, 6) is 0.831. The number of benzene rings is 1. The molecule has 122 valence electrons. The van der Waals surface area contributed by atoms with Gasteiger partial charge in [-0.15, -0.1) is 0 Å². The third-order valence-electron chi connectivity index (χ3n) is 2.87. The van der Waals surface area contributed by atoms with E-state index in [1.54, 1.807) is 7.11 Å². The van der Waals surface area contributed by atoms with E-state index in [1.807, 2.05) is 32.2 Å². The second-order valence-corrected chi connectivity index (χ2v) is 4.96. The zero-order chi connectivity index (χ0) is 16.5. The molecule has 7 heteroatoms. The van der Waals surface area contributed by atoms with Crippen LogP contribution in [-0.2, 0) is 16.1 Å². The zero-order valence-corrected chi connectivity index (χ0v) is 13.5. The van der Waals surface area contributed by atoms with E-state index in [0.29, 0.717) is 24.7 Å². The van der Waals surface area contributed by atoms with E-state index < -0.39 is 0 Å². The lowest BCUT2D eigenvalue weighted by Gasteiger charge is -2.15. The van der Waals surface area contributed by atoms with Gasteiger partial charge in [-0.3, -0.25) is 20.4 Å². The van der Waals surface area contributed by atoms with Crippen LogP contribution in [0.1, 0.15) is 19.4 Å². The molecule has 0 aromatic heterocycles. The smallest absolute Gasteiger partial charge is 0.293 e. The Kier molecular flexibility index (Phi) is 7.18. The monoisotopic (exact) mass is 310 g/mol. The van der Waals surface area contributed by atoms with Gasteiger partial charge in [0.15, 0.2) is 18.0 Å². The number of hydrogen-bond donors (Lipinski definition) is 3. The number of nitrogens with one attached hydrogen (secondary N) is 3. The van der Waals surface area contributed by atoms with Crippen molar-refractivity contribution in [2.75, 3.05) is 27.3 Å². The highest BCUT2D eigenvalue weighted by molar-refractivity contribution is 5.81. The summed E-state index contributed by atoms with van der Waals surface area (Å²) >= 11 is 0. The van der Waals surface area contributed by atoms with Crippen LogP contribution in [0.4, 0.5) is 0 Å². The van der Waals surface area contributed by atoms with Crippen LogP contribution >= 0.6 is 0 Å². The van der Waals surface area contributed by atoms with Crippen molar-refractivity contribution in [1.82, 2.24) is 10.9 Å². The summed E-state index contributed by atoms with van der Waals surface area (Å²) in [7, 11) is 3.50. The zero-order valence-electron chi connectivity index (χ0n) is 13.5. The molecule has 1 atom stereocenters. The lowest BCUT2D eigenvalue weighted by Crippen LogP contribution is -3.09. The molecular weight excluding hydrogens is 286 g/mol. The Hall–Kier alpha value is -2.28. The molecular formula is C15H24N3O4+. The quantitative estimate of drug-likeness (QED) is 0.580. The lowest BCUT2D eigenvalue weighted by atomic mass is 10.2. The van der Waals surface area contributed by atoms with Crippen molar-refractivity contribution >= 4 is 11.8 Å². The van der Waals surface area contributed by atoms with Crippen molar-refractivity contribution in [2.45, 2.75) is 20.4 Å². The highest BCUT2D eigenvalue weighted by Crippen LogP contribution is 2.27. The van der Waals surface area contributed by atoms with E-state index in [2.05, 4.69) is 10.9 Å². The molecule has 0 saturated carbocycles. The van der Waals surface area contributed by atoms with Gasteiger partial charge in [-0.05, 0) is 25.1 Å². The molecule has 0 radical (unpaired) electrons. The number of carbonyl (C=O) groups is 2. The molecule has 1 unspecified atom stereocenters. The first-order valence-electron chi connectivity index (χ1n) is 7.12. The molecule has 0 aliphatic carbocycles. The van der Waals surface area contributed by atoms with Gasteiger partial charge in [0.25, 0.3) is 5.91 Å². The first kappa shape index (κ1) is 17.8. The average molecular weight is 310 g/mol. The maximum Gasteiger partial charge on any atom is 0.293 e. The number of rotatable bonds is 7. The third-order valence-corrected chi connectivity index (χ3v) is 2.87. The van der Waals surface area contributed by atoms with Crippen molar-refractivity contribution in [3.8, 4) is 11.5 Å². The van der Waals surface area contributed by atoms with Crippen LogP contribution in [0.15, 0.2) is 18.2 Å². The van der Waals surface area contributed by atoms with Crippen molar-refractivity contribution in [2.24, 2.45) is 0 Å². The minimum Gasteiger partial charge on any atom is -0.493 e. The number of hydrazine groups is 1. The topological polar surface area (TPSA) is 81.1 Å². The normalized spacial score (nSPS) is 11.5. The van der Waals surface area contributed by atoms with Crippen molar-refractivity contribution in [1.29, 1.82) is 0 Å². The fourth-order valence-electron chi connectivity index (χ4n) is 1.98. The van der Waals surface area contributed by atoms with Crippen LogP contribution in [0, 0.1) is 0 Å². The molecule has 1 aromatic rings. The van der Waals surface area contributed by atoms with E-state index in [0.717, 1.165) is 10.5 Å². The van der Waals surface area contributed by atoms with E-state index in [-0.39, 0.29) is 18.4 Å². The molecule has 22 heavy (non-hydrogen) atoms. The molecule has 0 fully saturated rings. The predicted octanol–water partition coefficient (Wildman–Crippen LogP) is -0.724. The SMILES string of the molecule is CCOc1ccc(C[NH+](C)CC(=O)NNC(C)=O)cc1OC. The van der Waals surface area contributed by atoms with Crippen molar-refractivity contribution < 1.29 is 24.0 Å². The third kappa shape index (κ3) is 6.01. The van der Waals surface area contributed by atoms with Gasteiger partial charge in [0.05, 0.1) is 20.8 Å². The molecule has 0 spiro atoms. The summed E-state index contributed by atoms with van der Waals surface area (Å²) in [5.41, 5.74) is 5.64. The van der Waals surface area contributed by atoms with E-state index in [9.17, 15) is 9.59 Å². The Bertz CT molecular complexity index is 520. The van der Waals surface area contributed by atoms with E-state index in [1.165, 1.54) is 6.92 Å². The molecule has 0 aliphatic heterocycles. The van der Waals surface area contributed by atoms with Crippen LogP contribution in [0.2, 0.25) is 0 Å². The molecule has 3 N–H and O–H groups in total. The number of amides is 2. The molecule has 0 aliphatic rings. The maximum absolute atomic E-state index is 11.6. The largest absolute Gasteiger partial charge is 0.493 e. The number of methoxy groups -OCH3 is 1. The second kappa shape index (κ2) is 8.89. The minimum atomic E-state index is -0.303. The van der Waals surface area contributed by atoms with Crippen LogP contribution < -0.4 is 25.2 Å². The fraction of sp³-hybridized carbons (Fsp3) is 0.467. The molecule has 0 bridgehead atoms. The van der Waals surface area contributed by atoms with Crippen LogP contribution in [0.5, 0.6) is 11.5 Å². The molecule has 0 heterocycles. The fourth-order valence-corrected chi connectivity index (χ4v) is 1.98. The molecule has 0 saturated heterocycles. The number of ether oxygens (including phenoxy) is 2. The lowest BCUT2D eigenvalue weighted by molar-refractivity contribution is -0.885. The second-order valence-electron chi connectivity index (χ2n) is 4.96. The highest BCUT2D eigenvalue weighted by Gasteiger charge is 2.12. The van der Waals surface area contributed by atoms with Gasteiger partial charge < -0.3 is 14.4 Å². The Morgan fingerprint density at radius 1 is 1.23 bits per heavy atom. The number of carbonyl (C=O) groups excluding carboxylic acids is 2. The van der Waals surface area contributed by atoms with Crippen LogP contribution in [-0.4, -0.2) is 39.1 Å². The van der Waals surface area contributed by atoms with Gasteiger partial charge in [-0.1, -0.05) is 0 Å². The molecule has 1 aromatic carbocycles. The first-order chi connectivity index (χ1) is 10.5. The first-order valence-corrected chi connectivity index (χ1v) is 7.12.